The third kappa shape index (κ3) is 5.74. The predicted molar refractivity (Wildman–Crippen MR) is 86.1 cm³/mol. The van der Waals surface area contributed by atoms with Gasteiger partial charge in [0.25, 0.3) is 0 Å². The highest BCUT2D eigenvalue weighted by atomic mass is 32.1. The average molecular weight is 306 g/mol. The molecule has 1 rings (SSSR count). The van der Waals surface area contributed by atoms with E-state index in [1.54, 1.807) is 6.92 Å². The molecule has 0 fully saturated rings. The highest BCUT2D eigenvalue weighted by Gasteiger charge is 2.06. The number of esters is 1. The minimum absolute atomic E-state index is 0.172. The summed E-state index contributed by atoms with van der Waals surface area (Å²) >= 11 is 5.07. The molecule has 0 heterocycles. The highest BCUT2D eigenvalue weighted by Crippen LogP contribution is 2.18. The van der Waals surface area contributed by atoms with E-state index in [0.29, 0.717) is 0 Å². The van der Waals surface area contributed by atoms with Crippen molar-refractivity contribution in [2.45, 2.75) is 20.8 Å². The van der Waals surface area contributed by atoms with Gasteiger partial charge in [0.1, 0.15) is 0 Å². The summed E-state index contributed by atoms with van der Waals surface area (Å²) in [7, 11) is 0. The molecule has 0 bridgehead atoms. The fraction of sp³-hybridized carbons (Fsp3) is 0.267. The maximum Gasteiger partial charge on any atom is 0.330 e. The van der Waals surface area contributed by atoms with Crippen molar-refractivity contribution in [3.05, 3.63) is 41.5 Å². The molecule has 0 aliphatic heterocycles. The molecule has 0 saturated heterocycles. The Morgan fingerprint density at radius 2 is 1.86 bits per heavy atom. The van der Waals surface area contributed by atoms with Crippen molar-refractivity contribution in [1.29, 1.82) is 0 Å². The van der Waals surface area contributed by atoms with Crippen LogP contribution in [0.5, 0.6) is 0 Å². The highest BCUT2D eigenvalue weighted by molar-refractivity contribution is 7.80. The summed E-state index contributed by atoms with van der Waals surface area (Å²) in [6.45, 7) is 5.84. The third-order valence-electron chi connectivity index (χ3n) is 2.61. The largest absolute Gasteiger partial charge is 0.463 e. The number of amides is 1. The van der Waals surface area contributed by atoms with Crippen molar-refractivity contribution in [1.82, 2.24) is 5.32 Å². The van der Waals surface area contributed by atoms with Crippen LogP contribution in [0.15, 0.2) is 30.4 Å². The second-order valence-electron chi connectivity index (χ2n) is 4.30. The van der Waals surface area contributed by atoms with Crippen LogP contribution in [0.4, 0.5) is 5.69 Å². The van der Waals surface area contributed by atoms with Crippen molar-refractivity contribution in [2.75, 3.05) is 11.9 Å². The first-order valence-electron chi connectivity index (χ1n) is 6.47. The van der Waals surface area contributed by atoms with Gasteiger partial charge in [-0.25, -0.2) is 4.79 Å². The van der Waals surface area contributed by atoms with Crippen LogP contribution in [-0.4, -0.2) is 23.6 Å². The molecule has 0 spiro atoms. The zero-order valence-electron chi connectivity index (χ0n) is 12.2. The summed E-state index contributed by atoms with van der Waals surface area (Å²) in [5.41, 5.74) is 2.90. The van der Waals surface area contributed by atoms with E-state index in [1.807, 2.05) is 32.0 Å². The lowest BCUT2D eigenvalue weighted by Gasteiger charge is -2.13. The number of aryl methyl sites for hydroxylation is 2. The minimum atomic E-state index is -0.568. The first kappa shape index (κ1) is 16.8. The summed E-state index contributed by atoms with van der Waals surface area (Å²) in [4.78, 5) is 22.7. The number of rotatable bonds is 4. The third-order valence-corrected chi connectivity index (χ3v) is 2.82. The Hall–Kier alpha value is -2.21. The molecular formula is C15H18N2O3S. The molecule has 0 radical (unpaired) electrons. The Morgan fingerprint density at radius 3 is 2.43 bits per heavy atom. The standard InChI is InChI=1S/C15H18N2O3S/c1-4-20-13(19)9-8-12(18)16-15(21)17-14-10(2)6-5-7-11(14)3/h5-9H,4H2,1-3H3,(H2,16,17,18,21). The zero-order valence-corrected chi connectivity index (χ0v) is 13.0. The summed E-state index contributed by atoms with van der Waals surface area (Å²) < 4.78 is 4.67. The van der Waals surface area contributed by atoms with Gasteiger partial charge in [-0.05, 0) is 44.1 Å². The monoisotopic (exact) mass is 306 g/mol. The second-order valence-corrected chi connectivity index (χ2v) is 4.70. The lowest BCUT2D eigenvalue weighted by Crippen LogP contribution is -2.33. The molecular weight excluding hydrogens is 288 g/mol. The van der Waals surface area contributed by atoms with E-state index in [1.165, 1.54) is 0 Å². The molecule has 21 heavy (non-hydrogen) atoms. The number of hydrogen-bond acceptors (Lipinski definition) is 4. The van der Waals surface area contributed by atoms with Crippen LogP contribution in [0.25, 0.3) is 0 Å². The number of para-hydroxylation sites is 1. The normalized spacial score (nSPS) is 10.2. The van der Waals surface area contributed by atoms with E-state index >= 15 is 0 Å². The van der Waals surface area contributed by atoms with Crippen molar-refractivity contribution in [3.8, 4) is 0 Å². The molecule has 112 valence electrons. The number of hydrogen-bond donors (Lipinski definition) is 2. The Labute approximate surface area is 129 Å². The SMILES string of the molecule is CCOC(=O)C=CC(=O)NC(=S)Nc1c(C)cccc1C. The number of nitrogens with one attached hydrogen (secondary N) is 2. The van der Waals surface area contributed by atoms with Crippen molar-refractivity contribution in [2.24, 2.45) is 0 Å². The van der Waals surface area contributed by atoms with Crippen LogP contribution in [0.2, 0.25) is 0 Å². The smallest absolute Gasteiger partial charge is 0.330 e. The van der Waals surface area contributed by atoms with Crippen LogP contribution >= 0.6 is 12.2 Å². The Bertz CT molecular complexity index is 562. The second kappa shape index (κ2) is 8.16. The van der Waals surface area contributed by atoms with Gasteiger partial charge in [0.2, 0.25) is 5.91 Å². The van der Waals surface area contributed by atoms with Gasteiger partial charge in [0, 0.05) is 17.8 Å². The lowest BCUT2D eigenvalue weighted by molar-refractivity contribution is -0.137. The molecule has 0 unspecified atom stereocenters. The van der Waals surface area contributed by atoms with Gasteiger partial charge in [-0.3, -0.25) is 10.1 Å². The van der Waals surface area contributed by atoms with Gasteiger partial charge >= 0.3 is 5.97 Å². The summed E-state index contributed by atoms with van der Waals surface area (Å²) in [5.74, 6) is -1.06. The van der Waals surface area contributed by atoms with Crippen LogP contribution in [0, 0.1) is 13.8 Å². The van der Waals surface area contributed by atoms with E-state index in [9.17, 15) is 9.59 Å². The first-order valence-corrected chi connectivity index (χ1v) is 6.88. The number of thiocarbonyl (C=S) groups is 1. The lowest BCUT2D eigenvalue weighted by atomic mass is 10.1. The van der Waals surface area contributed by atoms with Crippen molar-refractivity contribution in [3.63, 3.8) is 0 Å². The van der Waals surface area contributed by atoms with Gasteiger partial charge < -0.3 is 10.1 Å². The molecule has 0 aromatic heterocycles. The predicted octanol–water partition coefficient (Wildman–Crippen LogP) is 2.24. The molecule has 5 nitrogen and oxygen atoms in total. The van der Waals surface area contributed by atoms with Gasteiger partial charge in [-0.15, -0.1) is 0 Å². The van der Waals surface area contributed by atoms with E-state index < -0.39 is 11.9 Å². The molecule has 1 aromatic carbocycles. The number of carbonyl (C=O) groups excluding carboxylic acids is 2. The minimum Gasteiger partial charge on any atom is -0.463 e. The zero-order chi connectivity index (χ0) is 15.8. The van der Waals surface area contributed by atoms with E-state index in [2.05, 4.69) is 15.4 Å². The van der Waals surface area contributed by atoms with E-state index in [0.717, 1.165) is 29.0 Å². The maximum absolute atomic E-state index is 11.6. The number of benzene rings is 1. The van der Waals surface area contributed by atoms with Gasteiger partial charge in [-0.1, -0.05) is 18.2 Å². The maximum atomic E-state index is 11.6. The quantitative estimate of drug-likeness (QED) is 0.507. The molecule has 0 aliphatic carbocycles. The molecule has 1 amide bonds. The van der Waals surface area contributed by atoms with Gasteiger partial charge in [-0.2, -0.15) is 0 Å². The summed E-state index contributed by atoms with van der Waals surface area (Å²) in [6, 6.07) is 5.83. The number of ether oxygens (including phenoxy) is 1. The molecule has 0 atom stereocenters. The molecule has 2 N–H and O–H groups in total. The number of anilines is 1. The van der Waals surface area contributed by atoms with Gasteiger partial charge in [0.15, 0.2) is 5.11 Å². The first-order chi connectivity index (χ1) is 9.93. The topological polar surface area (TPSA) is 67.4 Å². The molecule has 0 saturated carbocycles. The average Bonchev–Trinajstić information content (AvgIpc) is 2.41. The summed E-state index contributed by atoms with van der Waals surface area (Å²) in [6.07, 6.45) is 2.14. The van der Waals surface area contributed by atoms with Crippen molar-refractivity contribution < 1.29 is 14.3 Å². The fourth-order valence-corrected chi connectivity index (χ4v) is 1.85. The molecule has 0 aliphatic rings. The number of carbonyl (C=O) groups is 2. The molecule has 6 heteroatoms. The van der Waals surface area contributed by atoms with Crippen LogP contribution in [0.1, 0.15) is 18.1 Å². The Morgan fingerprint density at radius 1 is 1.24 bits per heavy atom. The Kier molecular flexibility index (Phi) is 6.55. The van der Waals surface area contributed by atoms with E-state index in [4.69, 9.17) is 12.2 Å². The molecule has 1 aromatic rings. The van der Waals surface area contributed by atoms with E-state index in [-0.39, 0.29) is 11.7 Å². The summed E-state index contributed by atoms with van der Waals surface area (Å²) in [5, 5.41) is 5.61. The van der Waals surface area contributed by atoms with Crippen LogP contribution in [0.3, 0.4) is 0 Å². The van der Waals surface area contributed by atoms with Crippen LogP contribution in [-0.2, 0) is 14.3 Å². The fourth-order valence-electron chi connectivity index (χ4n) is 1.64. The van der Waals surface area contributed by atoms with Crippen LogP contribution < -0.4 is 10.6 Å². The van der Waals surface area contributed by atoms with Crippen molar-refractivity contribution >= 4 is 34.9 Å². The van der Waals surface area contributed by atoms with Gasteiger partial charge in [0.05, 0.1) is 6.61 Å². The Balaban J connectivity index is 2.58.